The van der Waals surface area contributed by atoms with Crippen LogP contribution in [0.4, 0.5) is 11.4 Å². The van der Waals surface area contributed by atoms with Crippen molar-refractivity contribution < 1.29 is 28.9 Å². The highest BCUT2D eigenvalue weighted by molar-refractivity contribution is 6.40. The molecule has 8 rings (SSSR count). The molecule has 228 valence electrons. The van der Waals surface area contributed by atoms with Crippen molar-refractivity contribution in [1.82, 2.24) is 9.91 Å². The van der Waals surface area contributed by atoms with Gasteiger partial charge >= 0.3 is 5.97 Å². The number of para-hydroxylation sites is 1. The number of nitrogens with zero attached hydrogens (tertiary/aromatic N) is 4. The van der Waals surface area contributed by atoms with E-state index in [1.807, 2.05) is 34.3 Å². The van der Waals surface area contributed by atoms with Crippen LogP contribution in [0.1, 0.15) is 39.1 Å². The molecule has 10 nitrogen and oxygen atoms in total. The molecule has 5 heterocycles. The molecule has 4 saturated heterocycles. The largest absolute Gasteiger partial charge is 0.478 e. The van der Waals surface area contributed by atoms with Crippen LogP contribution in [0.15, 0.2) is 48.5 Å². The average Bonchev–Trinajstić information content (AvgIpc) is 3.50. The van der Waals surface area contributed by atoms with E-state index in [1.54, 1.807) is 29.2 Å². The molecule has 5 aliphatic heterocycles. The van der Waals surface area contributed by atoms with Gasteiger partial charge in [0, 0.05) is 43.1 Å². The van der Waals surface area contributed by atoms with Gasteiger partial charge in [-0.3, -0.25) is 9.80 Å². The minimum Gasteiger partial charge on any atom is -0.478 e. The standard InChI is InChI=1S/C32H30Cl2N4O6/c33-25-10-21(36-15-32(16-36)7-2-8-44-32)11-26(34)28(25)30(39)35-12-20-3-1-4-23(29(20)43-17-35)19-5-6-24(31(40)41)27(9-19)38-22-13-37(38)18-42-14-22/h1,3-6,9-11,22H,2,7-8,12-18H2,(H,40,41). The van der Waals surface area contributed by atoms with Crippen LogP contribution in [0, 0.1) is 0 Å². The first-order chi connectivity index (χ1) is 21.3. The van der Waals surface area contributed by atoms with Crippen LogP contribution >= 0.6 is 23.2 Å². The molecule has 1 amide bonds. The number of carbonyl (C=O) groups excluding carboxylic acids is 1. The Kier molecular flexibility index (Phi) is 6.69. The monoisotopic (exact) mass is 636 g/mol. The Labute approximate surface area is 264 Å². The number of benzene rings is 3. The second-order valence-corrected chi connectivity index (χ2v) is 12.9. The van der Waals surface area contributed by atoms with Crippen molar-refractivity contribution in [2.75, 3.05) is 56.2 Å². The number of hydrazine groups is 1. The zero-order chi connectivity index (χ0) is 30.2. The van der Waals surface area contributed by atoms with Crippen molar-refractivity contribution in [3.8, 4) is 16.9 Å². The van der Waals surface area contributed by atoms with Crippen molar-refractivity contribution in [1.29, 1.82) is 0 Å². The molecular formula is C32H30Cl2N4O6. The zero-order valence-corrected chi connectivity index (χ0v) is 25.3. The van der Waals surface area contributed by atoms with E-state index in [0.717, 1.165) is 61.5 Å². The Morgan fingerprint density at radius 3 is 2.52 bits per heavy atom. The summed E-state index contributed by atoms with van der Waals surface area (Å²) < 4.78 is 17.7. The summed E-state index contributed by atoms with van der Waals surface area (Å²) >= 11 is 13.3. The molecule has 2 bridgehead atoms. The predicted molar refractivity (Wildman–Crippen MR) is 165 cm³/mol. The number of ether oxygens (including phenoxy) is 3. The van der Waals surface area contributed by atoms with Crippen LogP contribution in [0.3, 0.4) is 0 Å². The van der Waals surface area contributed by atoms with Crippen molar-refractivity contribution in [2.24, 2.45) is 0 Å². The maximum atomic E-state index is 13.7. The predicted octanol–water partition coefficient (Wildman–Crippen LogP) is 5.11. The highest BCUT2D eigenvalue weighted by Gasteiger charge is 2.47. The molecule has 0 aromatic heterocycles. The van der Waals surface area contributed by atoms with E-state index in [1.165, 1.54) is 0 Å². The molecule has 1 N–H and O–H groups in total. The topological polar surface area (TPSA) is 95.0 Å². The number of carboxylic acid groups (broad SMARTS) is 1. The lowest BCUT2D eigenvalue weighted by molar-refractivity contribution is -0.107. The molecule has 5 aliphatic rings. The van der Waals surface area contributed by atoms with Gasteiger partial charge in [0.15, 0.2) is 6.73 Å². The summed E-state index contributed by atoms with van der Waals surface area (Å²) in [7, 11) is 0. The van der Waals surface area contributed by atoms with Gasteiger partial charge in [-0.1, -0.05) is 47.5 Å². The molecule has 0 aliphatic carbocycles. The summed E-state index contributed by atoms with van der Waals surface area (Å²) in [6.07, 6.45) is 2.14. The Balaban J connectivity index is 1.04. The quantitative estimate of drug-likeness (QED) is 0.410. The minimum absolute atomic E-state index is 0.0165. The third kappa shape index (κ3) is 4.50. The third-order valence-electron chi connectivity index (χ3n) is 9.27. The van der Waals surface area contributed by atoms with Gasteiger partial charge < -0.3 is 29.1 Å². The minimum atomic E-state index is -0.985. The fourth-order valence-electron chi connectivity index (χ4n) is 7.07. The fourth-order valence-corrected chi connectivity index (χ4v) is 7.70. The zero-order valence-electron chi connectivity index (χ0n) is 23.8. The molecule has 2 unspecified atom stereocenters. The highest BCUT2D eigenvalue weighted by Crippen LogP contribution is 2.43. The normalized spacial score (nSPS) is 23.1. The summed E-state index contributed by atoms with van der Waals surface area (Å²) in [5.74, 6) is -0.636. The first kappa shape index (κ1) is 28.0. The summed E-state index contributed by atoms with van der Waals surface area (Å²) in [4.78, 5) is 29.5. The van der Waals surface area contributed by atoms with Crippen molar-refractivity contribution in [2.45, 2.75) is 31.0 Å². The Hall–Kier alpha value is -3.54. The van der Waals surface area contributed by atoms with Crippen molar-refractivity contribution >= 4 is 46.5 Å². The Morgan fingerprint density at radius 1 is 1.02 bits per heavy atom. The van der Waals surface area contributed by atoms with Crippen LogP contribution in [-0.4, -0.2) is 84.8 Å². The van der Waals surface area contributed by atoms with Gasteiger partial charge in [0.1, 0.15) is 18.1 Å². The third-order valence-corrected chi connectivity index (χ3v) is 9.86. The summed E-state index contributed by atoms with van der Waals surface area (Å²) in [6.45, 7) is 4.52. The molecular weight excluding hydrogens is 607 g/mol. The summed E-state index contributed by atoms with van der Waals surface area (Å²) in [5, 5.41) is 14.5. The van der Waals surface area contributed by atoms with Crippen molar-refractivity contribution in [3.05, 3.63) is 75.3 Å². The van der Waals surface area contributed by atoms with Crippen LogP contribution < -0.4 is 14.6 Å². The first-order valence-corrected chi connectivity index (χ1v) is 15.5. The molecule has 3 aromatic rings. The molecule has 0 saturated carbocycles. The van der Waals surface area contributed by atoms with Crippen LogP contribution in [0.25, 0.3) is 11.1 Å². The van der Waals surface area contributed by atoms with E-state index >= 15 is 0 Å². The second kappa shape index (κ2) is 10.5. The van der Waals surface area contributed by atoms with Gasteiger partial charge in [-0.15, -0.1) is 0 Å². The SMILES string of the molecule is O=C(O)c1ccc(-c2cccc3c2OCN(C(=O)c2c(Cl)cc(N4CC5(CCCO5)C4)cc2Cl)C3)cc1N1C2COCN1C2. The summed E-state index contributed by atoms with van der Waals surface area (Å²) in [5.41, 5.74) is 4.39. The molecule has 2 atom stereocenters. The molecule has 0 radical (unpaired) electrons. The number of carboxylic acids is 1. The highest BCUT2D eigenvalue weighted by atomic mass is 35.5. The number of rotatable bonds is 5. The lowest BCUT2D eigenvalue weighted by Crippen LogP contribution is -2.70. The van der Waals surface area contributed by atoms with E-state index in [0.29, 0.717) is 41.4 Å². The maximum absolute atomic E-state index is 13.7. The van der Waals surface area contributed by atoms with Crippen LogP contribution in [0.5, 0.6) is 5.75 Å². The van der Waals surface area contributed by atoms with E-state index in [2.05, 4.69) is 4.90 Å². The average molecular weight is 638 g/mol. The summed E-state index contributed by atoms with van der Waals surface area (Å²) in [6, 6.07) is 14.8. The maximum Gasteiger partial charge on any atom is 0.337 e. The number of halogens is 2. The Bertz CT molecular complexity index is 1650. The first-order valence-electron chi connectivity index (χ1n) is 14.7. The molecule has 12 heteroatoms. The molecule has 1 spiro atoms. The van der Waals surface area contributed by atoms with E-state index in [9.17, 15) is 14.7 Å². The van der Waals surface area contributed by atoms with Gasteiger partial charge in [-0.25, -0.2) is 4.79 Å². The van der Waals surface area contributed by atoms with E-state index in [-0.39, 0.29) is 35.4 Å². The van der Waals surface area contributed by atoms with Crippen molar-refractivity contribution in [3.63, 3.8) is 0 Å². The van der Waals surface area contributed by atoms with Gasteiger partial charge in [-0.2, -0.15) is 5.01 Å². The molecule has 3 aromatic carbocycles. The number of hydrogen-bond acceptors (Lipinski definition) is 8. The lowest BCUT2D eigenvalue weighted by atomic mass is 9.90. The smallest absolute Gasteiger partial charge is 0.337 e. The van der Waals surface area contributed by atoms with E-state index in [4.69, 9.17) is 37.4 Å². The number of aromatic carboxylic acids is 1. The lowest BCUT2D eigenvalue weighted by Gasteiger charge is -2.55. The van der Waals surface area contributed by atoms with Crippen LogP contribution in [0.2, 0.25) is 10.0 Å². The number of carbonyl (C=O) groups is 2. The van der Waals surface area contributed by atoms with Gasteiger partial charge in [0.25, 0.3) is 5.91 Å². The Morgan fingerprint density at radius 2 is 1.84 bits per heavy atom. The molecule has 44 heavy (non-hydrogen) atoms. The number of amides is 1. The van der Waals surface area contributed by atoms with E-state index < -0.39 is 5.97 Å². The molecule has 4 fully saturated rings. The number of anilines is 2. The van der Waals surface area contributed by atoms with Crippen LogP contribution in [-0.2, 0) is 16.0 Å². The number of hydrogen-bond donors (Lipinski definition) is 1. The van der Waals surface area contributed by atoms with Gasteiger partial charge in [0.05, 0.1) is 46.1 Å². The number of fused-ring (bicyclic) bond motifs is 3. The fraction of sp³-hybridized carbons (Fsp3) is 0.375. The van der Waals surface area contributed by atoms with Gasteiger partial charge in [-0.05, 0) is 42.7 Å². The van der Waals surface area contributed by atoms with Gasteiger partial charge in [0.2, 0.25) is 0 Å². The second-order valence-electron chi connectivity index (χ2n) is 12.1.